The van der Waals surface area contributed by atoms with E-state index in [0.717, 1.165) is 6.20 Å². The van der Waals surface area contributed by atoms with Gasteiger partial charge in [-0.05, 0) is 6.07 Å². The minimum Gasteiger partial charge on any atom is -0.468 e. The summed E-state index contributed by atoms with van der Waals surface area (Å²) in [6.45, 7) is -2.13. The third-order valence-corrected chi connectivity index (χ3v) is 2.68. The van der Waals surface area contributed by atoms with Crippen LogP contribution in [0.2, 0.25) is 0 Å². The van der Waals surface area contributed by atoms with Gasteiger partial charge in [-0.2, -0.15) is 35.7 Å². The summed E-state index contributed by atoms with van der Waals surface area (Å²) in [6, 6.07) is 2.59. The number of anilines is 1. The van der Waals surface area contributed by atoms with E-state index in [9.17, 15) is 30.7 Å². The lowest BCUT2D eigenvalue weighted by Gasteiger charge is -2.13. The van der Waals surface area contributed by atoms with Crippen molar-refractivity contribution < 1.29 is 35.5 Å². The maximum absolute atomic E-state index is 13.4. The van der Waals surface area contributed by atoms with Gasteiger partial charge in [-0.1, -0.05) is 6.07 Å². The van der Waals surface area contributed by atoms with Crippen LogP contribution in [0.15, 0.2) is 18.3 Å². The number of ether oxygens (including phenoxy) is 1. The van der Waals surface area contributed by atoms with Gasteiger partial charge in [0.05, 0.1) is 0 Å². The fourth-order valence-corrected chi connectivity index (χ4v) is 1.66. The van der Waals surface area contributed by atoms with Crippen LogP contribution in [0.1, 0.15) is 5.56 Å². The van der Waals surface area contributed by atoms with E-state index >= 15 is 0 Å². The molecule has 0 amide bonds. The molecule has 2 rings (SSSR count). The Morgan fingerprint density at radius 1 is 1.04 bits per heavy atom. The number of hydrogen-bond acceptors (Lipinski definition) is 4. The first-order valence-electron chi connectivity index (χ1n) is 6.26. The van der Waals surface area contributed by atoms with Crippen LogP contribution in [0.5, 0.6) is 5.88 Å². The lowest BCUT2D eigenvalue weighted by Crippen LogP contribution is -2.20. The van der Waals surface area contributed by atoms with E-state index in [0.29, 0.717) is 0 Å². The second-order valence-corrected chi connectivity index (χ2v) is 4.42. The fourth-order valence-electron chi connectivity index (χ4n) is 1.66. The first-order chi connectivity index (χ1) is 11.2. The van der Waals surface area contributed by atoms with Gasteiger partial charge in [0.2, 0.25) is 17.5 Å². The van der Waals surface area contributed by atoms with Crippen molar-refractivity contribution in [3.8, 4) is 5.88 Å². The molecule has 0 aliphatic heterocycles. The highest BCUT2D eigenvalue weighted by Gasteiger charge is 2.29. The molecule has 2 aromatic rings. The zero-order valence-corrected chi connectivity index (χ0v) is 11.6. The predicted molar refractivity (Wildman–Crippen MR) is 67.2 cm³/mol. The second kappa shape index (κ2) is 6.89. The van der Waals surface area contributed by atoms with Crippen molar-refractivity contribution in [3.63, 3.8) is 0 Å². The van der Waals surface area contributed by atoms with Gasteiger partial charge >= 0.3 is 6.18 Å². The summed E-state index contributed by atoms with van der Waals surface area (Å²) in [5.41, 5.74) is -1.16. The van der Waals surface area contributed by atoms with Crippen LogP contribution in [-0.4, -0.2) is 22.8 Å². The summed E-state index contributed by atoms with van der Waals surface area (Å²) in [7, 11) is 0. The van der Waals surface area contributed by atoms with Crippen molar-refractivity contribution in [2.24, 2.45) is 0 Å². The van der Waals surface area contributed by atoms with Crippen LogP contribution in [0, 0.1) is 23.5 Å². The van der Waals surface area contributed by atoms with E-state index in [2.05, 4.69) is 14.7 Å². The number of nitrogens with one attached hydrogen (secondary N) is 1. The zero-order chi connectivity index (χ0) is 17.9. The fraction of sp³-hybridized carbons (Fsp3) is 0.231. The molecule has 0 aliphatic rings. The van der Waals surface area contributed by atoms with Crippen molar-refractivity contribution in [1.29, 1.82) is 0 Å². The lowest BCUT2D eigenvalue weighted by molar-refractivity contribution is -0.154. The number of rotatable bonds is 5. The first-order valence-corrected chi connectivity index (χ1v) is 6.26. The molecule has 0 radical (unpaired) electrons. The molecule has 0 aliphatic carbocycles. The van der Waals surface area contributed by atoms with Crippen LogP contribution in [0.25, 0.3) is 0 Å². The van der Waals surface area contributed by atoms with Gasteiger partial charge < -0.3 is 10.1 Å². The number of hydrogen-bond donors (Lipinski definition) is 1. The molecule has 130 valence electrons. The summed E-state index contributed by atoms with van der Waals surface area (Å²) >= 11 is 0. The van der Waals surface area contributed by atoms with Crippen LogP contribution in [-0.2, 0) is 6.54 Å². The molecular formula is C13H8F7N3O. The first kappa shape index (κ1) is 17.8. The van der Waals surface area contributed by atoms with E-state index in [-0.39, 0.29) is 5.56 Å². The highest BCUT2D eigenvalue weighted by atomic mass is 19.4. The number of halogens is 7. The van der Waals surface area contributed by atoms with Gasteiger partial charge in [-0.3, -0.25) is 0 Å². The van der Waals surface area contributed by atoms with Crippen LogP contribution in [0.3, 0.4) is 0 Å². The molecule has 24 heavy (non-hydrogen) atoms. The van der Waals surface area contributed by atoms with Crippen molar-refractivity contribution in [2.45, 2.75) is 12.7 Å². The molecule has 11 heteroatoms. The van der Waals surface area contributed by atoms with Gasteiger partial charge in [0.15, 0.2) is 6.61 Å². The maximum Gasteiger partial charge on any atom is 0.422 e. The Balaban J connectivity index is 2.19. The molecule has 0 saturated carbocycles. The molecule has 2 heterocycles. The second-order valence-electron chi connectivity index (χ2n) is 4.42. The molecule has 0 aromatic carbocycles. The summed E-state index contributed by atoms with van der Waals surface area (Å²) in [5, 5.41) is 2.05. The molecule has 0 spiro atoms. The predicted octanol–water partition coefficient (Wildman–Crippen LogP) is 3.59. The van der Waals surface area contributed by atoms with Crippen LogP contribution in [0.4, 0.5) is 36.4 Å². The average molecular weight is 355 g/mol. The molecule has 0 fully saturated rings. The molecular weight excluding hydrogens is 347 g/mol. The van der Waals surface area contributed by atoms with E-state index in [4.69, 9.17) is 0 Å². The smallest absolute Gasteiger partial charge is 0.422 e. The summed E-state index contributed by atoms with van der Waals surface area (Å²) < 4.78 is 93.8. The Bertz CT molecular complexity index is 710. The van der Waals surface area contributed by atoms with Crippen molar-refractivity contribution in [1.82, 2.24) is 9.97 Å². The molecule has 0 unspecified atom stereocenters. The number of nitrogens with zero attached hydrogens (tertiary/aromatic N) is 2. The highest BCUT2D eigenvalue weighted by Crippen LogP contribution is 2.25. The summed E-state index contributed by atoms with van der Waals surface area (Å²) in [6.07, 6.45) is -3.47. The number of alkyl halides is 3. The van der Waals surface area contributed by atoms with Gasteiger partial charge in [-0.25, -0.2) is 4.98 Å². The SMILES string of the molecule is Fc1nc(F)c(F)c(NCc2cccnc2OCC(F)(F)F)c1F. The minimum atomic E-state index is -4.61. The third kappa shape index (κ3) is 4.24. The Morgan fingerprint density at radius 3 is 2.25 bits per heavy atom. The molecule has 4 nitrogen and oxygen atoms in total. The minimum absolute atomic E-state index is 0.0156. The molecule has 2 aromatic heterocycles. The Morgan fingerprint density at radius 2 is 1.67 bits per heavy atom. The maximum atomic E-state index is 13.4. The van der Waals surface area contributed by atoms with Crippen LogP contribution < -0.4 is 10.1 Å². The Labute approximate surface area is 130 Å². The number of pyridine rings is 2. The van der Waals surface area contributed by atoms with E-state index < -0.39 is 54.4 Å². The van der Waals surface area contributed by atoms with Crippen molar-refractivity contribution >= 4 is 5.69 Å². The topological polar surface area (TPSA) is 47.0 Å². The number of aromatic nitrogens is 2. The van der Waals surface area contributed by atoms with E-state index in [1.807, 2.05) is 5.32 Å². The Kier molecular flexibility index (Phi) is 5.10. The quantitative estimate of drug-likeness (QED) is 0.658. The molecule has 1 N–H and O–H groups in total. The monoisotopic (exact) mass is 355 g/mol. The molecule has 0 bridgehead atoms. The summed E-state index contributed by atoms with van der Waals surface area (Å²) in [5.74, 6) is -7.71. The van der Waals surface area contributed by atoms with Gasteiger partial charge in [0.1, 0.15) is 5.69 Å². The van der Waals surface area contributed by atoms with Crippen molar-refractivity contribution in [2.75, 3.05) is 11.9 Å². The standard InChI is InChI=1S/C13H8F7N3O/c14-7-9(8(15)11(17)23-10(7)16)22-4-6-2-1-3-21-12(6)24-5-13(18,19)20/h1-3H,4-5H2,(H,22,23). The zero-order valence-electron chi connectivity index (χ0n) is 11.6. The van der Waals surface area contributed by atoms with E-state index in [1.165, 1.54) is 12.1 Å². The van der Waals surface area contributed by atoms with Gasteiger partial charge in [0.25, 0.3) is 11.9 Å². The normalized spacial score (nSPS) is 11.5. The molecule has 0 atom stereocenters. The molecule has 0 saturated heterocycles. The highest BCUT2D eigenvalue weighted by molar-refractivity contribution is 5.46. The van der Waals surface area contributed by atoms with E-state index in [1.54, 1.807) is 0 Å². The largest absolute Gasteiger partial charge is 0.468 e. The van der Waals surface area contributed by atoms with Crippen molar-refractivity contribution in [3.05, 3.63) is 47.4 Å². The summed E-state index contributed by atoms with van der Waals surface area (Å²) in [4.78, 5) is 5.94. The lowest BCUT2D eigenvalue weighted by atomic mass is 10.2. The Hall–Kier alpha value is -2.59. The van der Waals surface area contributed by atoms with Gasteiger partial charge in [-0.15, -0.1) is 0 Å². The van der Waals surface area contributed by atoms with Crippen LogP contribution >= 0.6 is 0 Å². The van der Waals surface area contributed by atoms with Gasteiger partial charge in [0, 0.05) is 18.3 Å². The average Bonchev–Trinajstić information content (AvgIpc) is 2.51. The third-order valence-electron chi connectivity index (χ3n) is 2.68.